The molecule has 1 rings (SSSR count). The summed E-state index contributed by atoms with van der Waals surface area (Å²) in [6.45, 7) is 6.76. The van der Waals surface area contributed by atoms with Gasteiger partial charge in [-0.2, -0.15) is 5.10 Å². The van der Waals surface area contributed by atoms with E-state index in [0.717, 1.165) is 17.7 Å². The lowest BCUT2D eigenvalue weighted by Gasteiger charge is -2.17. The number of hydrogen-bond acceptors (Lipinski definition) is 3. The third-order valence-corrected chi connectivity index (χ3v) is 2.82. The molecule has 0 spiro atoms. The van der Waals surface area contributed by atoms with Crippen LogP contribution in [-0.2, 0) is 20.0 Å². The van der Waals surface area contributed by atoms with Gasteiger partial charge in [0.25, 0.3) is 0 Å². The lowest BCUT2D eigenvalue weighted by Crippen LogP contribution is -2.34. The Labute approximate surface area is 102 Å². The number of aryl methyl sites for hydroxylation is 2. The Hall–Kier alpha value is -0.580. The van der Waals surface area contributed by atoms with Crippen LogP contribution in [-0.4, -0.2) is 27.0 Å². The van der Waals surface area contributed by atoms with Gasteiger partial charge in [-0.3, -0.25) is 4.68 Å². The Kier molecular flexibility index (Phi) is 4.35. The molecule has 1 aromatic heterocycles. The molecule has 16 heavy (non-hydrogen) atoms. The molecule has 0 saturated heterocycles. The minimum absolute atomic E-state index is 0.529. The number of nitrogens with zero attached hydrogens (tertiary/aromatic N) is 2. The number of hydrogen-bond donors (Lipinski definition) is 2. The highest BCUT2D eigenvalue weighted by Gasteiger charge is 2.15. The van der Waals surface area contributed by atoms with Crippen molar-refractivity contribution in [3.8, 4) is 0 Å². The standard InChI is InChI=1S/C11H20ClN3O/c1-5-9-8(10(12)15(4)14-9)6-13-7-11(2,3)16/h13,16H,5-7H2,1-4H3. The molecule has 2 N–H and O–H groups in total. The largest absolute Gasteiger partial charge is 0.389 e. The van der Waals surface area contributed by atoms with E-state index in [1.807, 2.05) is 7.05 Å². The van der Waals surface area contributed by atoms with Crippen molar-refractivity contribution in [3.63, 3.8) is 0 Å². The minimum atomic E-state index is -0.707. The van der Waals surface area contributed by atoms with Gasteiger partial charge >= 0.3 is 0 Å². The molecule has 0 aromatic carbocycles. The first kappa shape index (κ1) is 13.5. The quantitative estimate of drug-likeness (QED) is 0.827. The van der Waals surface area contributed by atoms with Crippen LogP contribution in [0.15, 0.2) is 0 Å². The van der Waals surface area contributed by atoms with E-state index in [4.69, 9.17) is 11.6 Å². The number of aliphatic hydroxyl groups is 1. The van der Waals surface area contributed by atoms with Gasteiger partial charge in [0.15, 0.2) is 0 Å². The van der Waals surface area contributed by atoms with E-state index in [-0.39, 0.29) is 0 Å². The van der Waals surface area contributed by atoms with Crippen LogP contribution in [0.2, 0.25) is 5.15 Å². The molecule has 0 saturated carbocycles. The maximum Gasteiger partial charge on any atom is 0.131 e. The molecule has 0 amide bonds. The summed E-state index contributed by atoms with van der Waals surface area (Å²) in [6, 6.07) is 0. The molecular formula is C11H20ClN3O. The molecule has 92 valence electrons. The Morgan fingerprint density at radius 1 is 1.50 bits per heavy atom. The zero-order chi connectivity index (χ0) is 12.3. The Morgan fingerprint density at radius 3 is 2.62 bits per heavy atom. The Balaban J connectivity index is 2.66. The van der Waals surface area contributed by atoms with E-state index in [2.05, 4.69) is 17.3 Å². The Morgan fingerprint density at radius 2 is 2.12 bits per heavy atom. The average molecular weight is 246 g/mol. The lowest BCUT2D eigenvalue weighted by molar-refractivity contribution is 0.0795. The first-order valence-electron chi connectivity index (χ1n) is 5.48. The van der Waals surface area contributed by atoms with Crippen molar-refractivity contribution >= 4 is 11.6 Å². The van der Waals surface area contributed by atoms with Gasteiger partial charge in [-0.25, -0.2) is 0 Å². The molecule has 0 aliphatic rings. The van der Waals surface area contributed by atoms with Crippen LogP contribution >= 0.6 is 11.6 Å². The lowest BCUT2D eigenvalue weighted by atomic mass is 10.1. The van der Waals surface area contributed by atoms with Crippen LogP contribution in [0.25, 0.3) is 0 Å². The third-order valence-electron chi connectivity index (χ3n) is 2.35. The van der Waals surface area contributed by atoms with E-state index in [0.29, 0.717) is 18.2 Å². The molecule has 0 aliphatic heterocycles. The molecule has 1 heterocycles. The Bertz CT molecular complexity index is 355. The number of rotatable bonds is 5. The first-order valence-corrected chi connectivity index (χ1v) is 5.86. The average Bonchev–Trinajstić information content (AvgIpc) is 2.43. The summed E-state index contributed by atoms with van der Waals surface area (Å²) in [4.78, 5) is 0. The van der Waals surface area contributed by atoms with Crippen molar-refractivity contribution < 1.29 is 5.11 Å². The molecule has 0 bridgehead atoms. The topological polar surface area (TPSA) is 50.1 Å². The van der Waals surface area contributed by atoms with Crippen molar-refractivity contribution in [1.82, 2.24) is 15.1 Å². The molecule has 0 aliphatic carbocycles. The summed E-state index contributed by atoms with van der Waals surface area (Å²) in [6.07, 6.45) is 0.861. The van der Waals surface area contributed by atoms with Gasteiger partial charge in [-0.05, 0) is 20.3 Å². The molecule has 0 atom stereocenters. The third kappa shape index (κ3) is 3.47. The highest BCUT2D eigenvalue weighted by molar-refractivity contribution is 6.30. The van der Waals surface area contributed by atoms with Crippen LogP contribution in [0.3, 0.4) is 0 Å². The van der Waals surface area contributed by atoms with Crippen molar-refractivity contribution in [3.05, 3.63) is 16.4 Å². The zero-order valence-electron chi connectivity index (χ0n) is 10.3. The van der Waals surface area contributed by atoms with Gasteiger partial charge < -0.3 is 10.4 Å². The predicted molar refractivity (Wildman–Crippen MR) is 65.6 cm³/mol. The van der Waals surface area contributed by atoms with Gasteiger partial charge in [0.2, 0.25) is 0 Å². The molecule has 5 heteroatoms. The van der Waals surface area contributed by atoms with Gasteiger partial charge in [0.1, 0.15) is 5.15 Å². The van der Waals surface area contributed by atoms with Crippen molar-refractivity contribution in [2.24, 2.45) is 7.05 Å². The van der Waals surface area contributed by atoms with Gasteiger partial charge in [0.05, 0.1) is 11.3 Å². The molecule has 0 radical (unpaired) electrons. The summed E-state index contributed by atoms with van der Waals surface area (Å²) >= 11 is 6.14. The maximum absolute atomic E-state index is 9.58. The second-order valence-electron chi connectivity index (χ2n) is 4.61. The van der Waals surface area contributed by atoms with Crippen molar-refractivity contribution in [2.75, 3.05) is 6.54 Å². The number of aromatic nitrogens is 2. The monoisotopic (exact) mass is 245 g/mol. The fraction of sp³-hybridized carbons (Fsp3) is 0.727. The molecule has 0 fully saturated rings. The van der Waals surface area contributed by atoms with Crippen LogP contribution in [0.1, 0.15) is 32.0 Å². The fourth-order valence-corrected chi connectivity index (χ4v) is 1.77. The highest BCUT2D eigenvalue weighted by Crippen LogP contribution is 2.19. The first-order chi connectivity index (χ1) is 7.35. The second-order valence-corrected chi connectivity index (χ2v) is 4.97. The van der Waals surface area contributed by atoms with Crippen LogP contribution in [0.5, 0.6) is 0 Å². The summed E-state index contributed by atoms with van der Waals surface area (Å²) in [5.74, 6) is 0. The smallest absolute Gasteiger partial charge is 0.131 e. The number of nitrogens with one attached hydrogen (secondary N) is 1. The minimum Gasteiger partial charge on any atom is -0.389 e. The second kappa shape index (κ2) is 5.17. The van der Waals surface area contributed by atoms with E-state index in [1.54, 1.807) is 18.5 Å². The van der Waals surface area contributed by atoms with Gasteiger partial charge in [-0.1, -0.05) is 18.5 Å². The predicted octanol–water partition coefficient (Wildman–Crippen LogP) is 1.50. The van der Waals surface area contributed by atoms with Crippen molar-refractivity contribution in [2.45, 2.75) is 39.3 Å². The van der Waals surface area contributed by atoms with E-state index in [9.17, 15) is 5.11 Å². The summed E-state index contributed by atoms with van der Waals surface area (Å²) in [5.41, 5.74) is 1.33. The van der Waals surface area contributed by atoms with Crippen LogP contribution in [0, 0.1) is 0 Å². The zero-order valence-corrected chi connectivity index (χ0v) is 11.1. The summed E-state index contributed by atoms with van der Waals surface area (Å²) < 4.78 is 1.68. The van der Waals surface area contributed by atoms with E-state index in [1.165, 1.54) is 0 Å². The van der Waals surface area contributed by atoms with Crippen LogP contribution < -0.4 is 5.32 Å². The summed E-state index contributed by atoms with van der Waals surface area (Å²) in [7, 11) is 1.83. The number of halogens is 1. The van der Waals surface area contributed by atoms with Gasteiger partial charge in [0, 0.05) is 25.7 Å². The van der Waals surface area contributed by atoms with Crippen LogP contribution in [0.4, 0.5) is 0 Å². The SMILES string of the molecule is CCc1nn(C)c(Cl)c1CNCC(C)(C)O. The normalized spacial score (nSPS) is 12.1. The molecule has 4 nitrogen and oxygen atoms in total. The summed E-state index contributed by atoms with van der Waals surface area (Å²) in [5, 5.41) is 17.8. The fourth-order valence-electron chi connectivity index (χ4n) is 1.55. The molecule has 0 unspecified atom stereocenters. The van der Waals surface area contributed by atoms with E-state index < -0.39 is 5.60 Å². The molecular weight excluding hydrogens is 226 g/mol. The van der Waals surface area contributed by atoms with Gasteiger partial charge in [-0.15, -0.1) is 0 Å². The maximum atomic E-state index is 9.58. The van der Waals surface area contributed by atoms with E-state index >= 15 is 0 Å². The molecule has 1 aromatic rings. The highest BCUT2D eigenvalue weighted by atomic mass is 35.5. The van der Waals surface area contributed by atoms with Crippen molar-refractivity contribution in [1.29, 1.82) is 0 Å².